The van der Waals surface area contributed by atoms with Crippen molar-refractivity contribution in [3.8, 4) is 6.07 Å². The molecule has 33 heavy (non-hydrogen) atoms. The number of hydrogen-bond donors (Lipinski definition) is 0. The van der Waals surface area contributed by atoms with Crippen molar-refractivity contribution in [2.75, 3.05) is 21.1 Å². The number of nitrogens with zero attached hydrogens (tertiary/aromatic N) is 4. The Morgan fingerprint density at radius 1 is 1.09 bits per heavy atom. The van der Waals surface area contributed by atoms with Crippen LogP contribution < -0.4 is 0 Å². The molecule has 9 atom stereocenters. The van der Waals surface area contributed by atoms with E-state index in [0.29, 0.717) is 16.9 Å². The van der Waals surface area contributed by atoms with E-state index in [2.05, 4.69) is 31.9 Å². The third-order valence-corrected chi connectivity index (χ3v) is 10.2. The van der Waals surface area contributed by atoms with E-state index in [9.17, 15) is 0 Å². The predicted molar refractivity (Wildman–Crippen MR) is 135 cm³/mol. The highest BCUT2D eigenvalue weighted by Gasteiger charge is 2.57. The van der Waals surface area contributed by atoms with Crippen LogP contribution in [0.3, 0.4) is 0 Å². The molecule has 1 aromatic heterocycles. The second-order valence-electron chi connectivity index (χ2n) is 13.0. The van der Waals surface area contributed by atoms with Crippen molar-refractivity contribution in [3.63, 3.8) is 0 Å². The highest BCUT2D eigenvalue weighted by molar-refractivity contribution is 5.21. The smallest absolute Gasteiger partial charge is 0.102 e. The number of aromatic nitrogens is 2. The van der Waals surface area contributed by atoms with Crippen LogP contribution in [-0.4, -0.2) is 35.8 Å². The first kappa shape index (κ1) is 24.8. The zero-order valence-electron chi connectivity index (χ0n) is 22.1. The van der Waals surface area contributed by atoms with Gasteiger partial charge in [-0.2, -0.15) is 10.4 Å². The molecule has 1 heterocycles. The second kappa shape index (κ2) is 10.1. The molecule has 0 radical (unpaired) electrons. The van der Waals surface area contributed by atoms with Gasteiger partial charge in [0.15, 0.2) is 0 Å². The fourth-order valence-corrected chi connectivity index (χ4v) is 9.01. The Hall–Kier alpha value is -1.34. The van der Waals surface area contributed by atoms with Crippen LogP contribution in [0.1, 0.15) is 84.1 Å². The Morgan fingerprint density at radius 2 is 1.82 bits per heavy atom. The first-order valence-corrected chi connectivity index (χ1v) is 13.8. The molecule has 4 fully saturated rings. The molecular formula is C29H48N4. The summed E-state index contributed by atoms with van der Waals surface area (Å²) in [6, 6.07) is 2.22. The van der Waals surface area contributed by atoms with E-state index >= 15 is 0 Å². The Balaban J connectivity index is 0.000000601. The van der Waals surface area contributed by atoms with Gasteiger partial charge in [0.25, 0.3) is 0 Å². The molecule has 0 aromatic carbocycles. The molecular weight excluding hydrogens is 404 g/mol. The number of nitriles is 1. The fraction of sp³-hybridized carbons (Fsp3) is 0.862. The van der Waals surface area contributed by atoms with Crippen LogP contribution in [0.2, 0.25) is 0 Å². The molecule has 0 saturated heterocycles. The molecule has 5 rings (SSSR count). The summed E-state index contributed by atoms with van der Waals surface area (Å²) in [6.07, 6.45) is 17.0. The third-order valence-electron chi connectivity index (χ3n) is 10.2. The number of rotatable bonds is 3. The molecule has 0 N–H and O–H groups in total. The molecule has 4 nitrogen and oxygen atoms in total. The van der Waals surface area contributed by atoms with Crippen molar-refractivity contribution < 1.29 is 0 Å². The van der Waals surface area contributed by atoms with Crippen molar-refractivity contribution in [3.05, 3.63) is 18.0 Å². The standard InChI is InChI=1S/C26H39N3.C3H9N/c1-17-4-6-21-20(12-17)5-7-23-22(21)10-11-26(3)24(8-9-25(23)26)18(2)15-29-16-19(13-27)14-28-29;1-4(2)3/h14,16-18,20-25H,4-12,15H2,1-3H3;1-3H3. The van der Waals surface area contributed by atoms with Crippen LogP contribution in [0.25, 0.3) is 0 Å². The van der Waals surface area contributed by atoms with Gasteiger partial charge in [-0.3, -0.25) is 4.68 Å². The molecule has 0 spiro atoms. The quantitative estimate of drug-likeness (QED) is 0.527. The van der Waals surface area contributed by atoms with Gasteiger partial charge in [-0.05, 0) is 125 Å². The Bertz CT molecular complexity index is 819. The lowest BCUT2D eigenvalue weighted by Gasteiger charge is -2.56. The van der Waals surface area contributed by atoms with Gasteiger partial charge in [0.05, 0.1) is 11.8 Å². The minimum Gasteiger partial charge on any atom is -0.312 e. The first-order valence-electron chi connectivity index (χ1n) is 13.8. The summed E-state index contributed by atoms with van der Waals surface area (Å²) in [5.74, 6) is 7.54. The Kier molecular flexibility index (Phi) is 7.59. The van der Waals surface area contributed by atoms with Crippen molar-refractivity contribution in [1.29, 1.82) is 5.26 Å². The molecule has 0 bridgehead atoms. The van der Waals surface area contributed by atoms with Gasteiger partial charge in [0.1, 0.15) is 6.07 Å². The maximum Gasteiger partial charge on any atom is 0.102 e. The van der Waals surface area contributed by atoms with Gasteiger partial charge >= 0.3 is 0 Å². The van der Waals surface area contributed by atoms with Crippen molar-refractivity contribution >= 4 is 0 Å². The molecule has 4 heteroatoms. The van der Waals surface area contributed by atoms with Crippen molar-refractivity contribution in [1.82, 2.24) is 14.7 Å². The van der Waals surface area contributed by atoms with Crippen molar-refractivity contribution in [2.24, 2.45) is 52.8 Å². The van der Waals surface area contributed by atoms with Gasteiger partial charge in [-0.1, -0.05) is 27.2 Å². The minimum atomic E-state index is 0.528. The summed E-state index contributed by atoms with van der Waals surface area (Å²) in [4.78, 5) is 2.00. The SMILES string of the molecule is CC1CCC2C(CCC3C2CCC2(C)C(C(C)Cn4cc(C#N)cn4)CCC32)C1.CN(C)C. The summed E-state index contributed by atoms with van der Waals surface area (Å²) < 4.78 is 2.01. The number of hydrogen-bond acceptors (Lipinski definition) is 3. The van der Waals surface area contributed by atoms with Crippen LogP contribution in [0.15, 0.2) is 12.4 Å². The fourth-order valence-electron chi connectivity index (χ4n) is 9.01. The highest BCUT2D eigenvalue weighted by Crippen LogP contribution is 2.65. The first-order chi connectivity index (χ1) is 15.7. The average molecular weight is 453 g/mol. The van der Waals surface area contributed by atoms with E-state index in [4.69, 9.17) is 5.26 Å². The topological polar surface area (TPSA) is 44.9 Å². The van der Waals surface area contributed by atoms with Crippen LogP contribution in [0.5, 0.6) is 0 Å². The zero-order chi connectivity index (χ0) is 23.8. The third kappa shape index (κ3) is 5.04. The summed E-state index contributed by atoms with van der Waals surface area (Å²) in [6.45, 7) is 8.55. The van der Waals surface area contributed by atoms with Crippen molar-refractivity contribution in [2.45, 2.75) is 85.1 Å². The van der Waals surface area contributed by atoms with Gasteiger partial charge in [-0.25, -0.2) is 0 Å². The molecule has 0 amide bonds. The van der Waals surface area contributed by atoms with Crippen LogP contribution in [0.4, 0.5) is 0 Å². The maximum absolute atomic E-state index is 9.10. The molecule has 4 saturated carbocycles. The molecule has 9 unspecified atom stereocenters. The normalized spacial score (nSPS) is 40.6. The van der Waals surface area contributed by atoms with Gasteiger partial charge in [0.2, 0.25) is 0 Å². The second-order valence-corrected chi connectivity index (χ2v) is 13.0. The summed E-state index contributed by atoms with van der Waals surface area (Å²) in [5.41, 5.74) is 1.22. The molecule has 184 valence electrons. The lowest BCUT2D eigenvalue weighted by molar-refractivity contribution is -0.0737. The lowest BCUT2D eigenvalue weighted by atomic mass is 9.49. The Morgan fingerprint density at radius 3 is 2.52 bits per heavy atom. The van der Waals surface area contributed by atoms with Crippen LogP contribution >= 0.6 is 0 Å². The molecule has 1 aromatic rings. The van der Waals surface area contributed by atoms with Crippen LogP contribution in [0, 0.1) is 64.1 Å². The summed E-state index contributed by atoms with van der Waals surface area (Å²) in [5, 5.41) is 13.5. The van der Waals surface area contributed by atoms with Gasteiger partial charge in [-0.15, -0.1) is 0 Å². The summed E-state index contributed by atoms with van der Waals surface area (Å²) in [7, 11) is 6.00. The van der Waals surface area contributed by atoms with Crippen LogP contribution in [-0.2, 0) is 6.54 Å². The molecule has 0 aliphatic heterocycles. The van der Waals surface area contributed by atoms with E-state index in [1.54, 1.807) is 6.20 Å². The Labute approximate surface area is 203 Å². The maximum atomic E-state index is 9.10. The van der Waals surface area contributed by atoms with E-state index in [1.165, 1.54) is 57.8 Å². The van der Waals surface area contributed by atoms with Gasteiger partial charge < -0.3 is 4.90 Å². The van der Waals surface area contributed by atoms with E-state index in [0.717, 1.165) is 48.0 Å². The van der Waals surface area contributed by atoms with Gasteiger partial charge in [0, 0.05) is 12.7 Å². The minimum absolute atomic E-state index is 0.528. The number of fused-ring (bicyclic) bond motifs is 5. The van der Waals surface area contributed by atoms with E-state index in [-0.39, 0.29) is 0 Å². The summed E-state index contributed by atoms with van der Waals surface area (Å²) >= 11 is 0. The predicted octanol–water partition coefficient (Wildman–Crippen LogP) is 6.47. The largest absolute Gasteiger partial charge is 0.312 e. The zero-order valence-corrected chi connectivity index (χ0v) is 22.1. The lowest BCUT2D eigenvalue weighted by Crippen LogP contribution is -2.49. The monoisotopic (exact) mass is 452 g/mol. The van der Waals surface area contributed by atoms with E-state index < -0.39 is 0 Å². The average Bonchev–Trinajstić information content (AvgIpc) is 3.36. The van der Waals surface area contributed by atoms with E-state index in [1.807, 2.05) is 36.9 Å². The molecule has 4 aliphatic carbocycles. The highest BCUT2D eigenvalue weighted by atomic mass is 15.3. The molecule has 4 aliphatic rings.